The van der Waals surface area contributed by atoms with Crippen LogP contribution in [0.25, 0.3) is 0 Å². The molecule has 3 N–H and O–H groups in total. The van der Waals surface area contributed by atoms with E-state index in [-0.39, 0.29) is 27.7 Å². The molecule has 8 heteroatoms. The number of sulfonamides is 1. The third-order valence-electron chi connectivity index (χ3n) is 8.98. The lowest BCUT2D eigenvalue weighted by Crippen LogP contribution is -2.65. The Morgan fingerprint density at radius 1 is 1.11 bits per heavy atom. The number of rotatable bonds is 3. The van der Waals surface area contributed by atoms with Gasteiger partial charge in [0.2, 0.25) is 15.9 Å². The summed E-state index contributed by atoms with van der Waals surface area (Å²) in [5.74, 6) is 1.47. The maximum Gasteiger partial charge on any atom is 0.238 e. The number of benzene rings is 2. The molecule has 1 unspecified atom stereocenters. The number of hydrogen-bond acceptors (Lipinski definition) is 5. The van der Waals surface area contributed by atoms with Crippen molar-refractivity contribution in [3.05, 3.63) is 53.6 Å². The molecule has 1 amide bonds. The maximum atomic E-state index is 13.2. The zero-order valence-electron chi connectivity index (χ0n) is 21.7. The number of amides is 1. The number of primary sulfonamides is 1. The van der Waals surface area contributed by atoms with Crippen molar-refractivity contribution in [1.29, 1.82) is 0 Å². The molecule has 36 heavy (non-hydrogen) atoms. The van der Waals surface area contributed by atoms with Gasteiger partial charge in [-0.25, -0.2) is 13.6 Å². The predicted molar refractivity (Wildman–Crippen MR) is 139 cm³/mol. The van der Waals surface area contributed by atoms with E-state index in [4.69, 9.17) is 9.88 Å². The van der Waals surface area contributed by atoms with E-state index in [1.807, 2.05) is 6.07 Å². The number of carbonyl (C=O) groups is 1. The second-order valence-corrected chi connectivity index (χ2v) is 12.6. The quantitative estimate of drug-likeness (QED) is 0.632. The van der Waals surface area contributed by atoms with Crippen LogP contribution in [0.5, 0.6) is 11.5 Å². The highest BCUT2D eigenvalue weighted by Gasteiger charge is 2.57. The third-order valence-corrected chi connectivity index (χ3v) is 9.90. The van der Waals surface area contributed by atoms with E-state index in [1.165, 1.54) is 37.6 Å². The number of hydrogen-bond donors (Lipinski definition) is 2. The van der Waals surface area contributed by atoms with Crippen LogP contribution in [0.4, 0.5) is 0 Å². The number of nitrogens with two attached hydrogens (primary N) is 1. The molecule has 2 aliphatic carbocycles. The smallest absolute Gasteiger partial charge is 0.238 e. The van der Waals surface area contributed by atoms with Crippen LogP contribution in [0.15, 0.2) is 47.4 Å². The average Bonchev–Trinajstić information content (AvgIpc) is 3.37. The van der Waals surface area contributed by atoms with Gasteiger partial charge >= 0.3 is 0 Å². The Balaban J connectivity index is 0.000000214. The summed E-state index contributed by atoms with van der Waals surface area (Å²) < 4.78 is 26.5. The highest BCUT2D eigenvalue weighted by Crippen LogP contribution is 2.57. The van der Waals surface area contributed by atoms with Gasteiger partial charge in [-0.2, -0.15) is 0 Å². The van der Waals surface area contributed by atoms with Crippen molar-refractivity contribution in [3.8, 4) is 11.5 Å². The fourth-order valence-corrected chi connectivity index (χ4v) is 6.92. The minimum Gasteiger partial charge on any atom is -0.508 e. The molecule has 0 radical (unpaired) electrons. The molecule has 3 aliphatic rings. The van der Waals surface area contributed by atoms with Gasteiger partial charge in [0.25, 0.3) is 0 Å². The van der Waals surface area contributed by atoms with Gasteiger partial charge in [-0.15, -0.1) is 0 Å². The van der Waals surface area contributed by atoms with Gasteiger partial charge in [-0.1, -0.05) is 51.8 Å². The summed E-state index contributed by atoms with van der Waals surface area (Å²) in [4.78, 5) is 15.4. The highest BCUT2D eigenvalue weighted by atomic mass is 32.2. The number of nitrogens with zero attached hydrogens (tertiary/aromatic N) is 1. The third kappa shape index (κ3) is 4.61. The largest absolute Gasteiger partial charge is 0.508 e. The lowest BCUT2D eigenvalue weighted by molar-refractivity contribution is -0.148. The summed E-state index contributed by atoms with van der Waals surface area (Å²) in [6, 6.07) is 12.1. The van der Waals surface area contributed by atoms with Crippen LogP contribution in [-0.2, 0) is 26.7 Å². The maximum absolute atomic E-state index is 13.2. The average molecular weight is 515 g/mol. The van der Waals surface area contributed by atoms with Gasteiger partial charge in [-0.05, 0) is 60.4 Å². The lowest BCUT2D eigenvalue weighted by Gasteiger charge is -2.61. The molecule has 0 spiro atoms. The Morgan fingerprint density at radius 3 is 2.42 bits per heavy atom. The molecule has 7 nitrogen and oxygen atoms in total. The van der Waals surface area contributed by atoms with E-state index in [0.717, 1.165) is 37.8 Å². The standard InChI is InChI=1S/C21H29NO2.C7H9NO3S/c1-20(2)18-13-15-16(9-6-10-17(15)23)21(20,3)11-12-22(18)19(24)14-7-4-5-8-14;1-11-6-3-2-4-7(5-6)12(8,9)10/h6,9-10,14,18,23H,4-5,7-8,11-13H2,1-3H3;2-5H,1H3,(H2,8,9,10)/t18-,21?;/m1./s1. The number of likely N-dealkylation sites (tertiary alicyclic amines) is 1. The summed E-state index contributed by atoms with van der Waals surface area (Å²) in [6.07, 6.45) is 6.26. The van der Waals surface area contributed by atoms with Gasteiger partial charge < -0.3 is 14.7 Å². The van der Waals surface area contributed by atoms with E-state index in [9.17, 15) is 18.3 Å². The molecular weight excluding hydrogens is 476 g/mol. The highest BCUT2D eigenvalue weighted by molar-refractivity contribution is 7.89. The molecule has 1 heterocycles. The summed E-state index contributed by atoms with van der Waals surface area (Å²) in [5, 5.41) is 15.3. The fourth-order valence-electron chi connectivity index (χ4n) is 6.38. The summed E-state index contributed by atoms with van der Waals surface area (Å²) in [6.45, 7) is 7.82. The van der Waals surface area contributed by atoms with Crippen LogP contribution in [0.2, 0.25) is 0 Å². The minimum atomic E-state index is -3.62. The van der Waals surface area contributed by atoms with Crippen molar-refractivity contribution in [2.24, 2.45) is 16.5 Å². The number of fused-ring (bicyclic) bond motifs is 4. The Bertz CT molecular complexity index is 1240. The molecular formula is C28H38N2O5S. The topological polar surface area (TPSA) is 110 Å². The van der Waals surface area contributed by atoms with E-state index in [1.54, 1.807) is 18.2 Å². The van der Waals surface area contributed by atoms with E-state index in [0.29, 0.717) is 17.4 Å². The second kappa shape index (κ2) is 9.71. The SMILES string of the molecule is CC12CCN(C(=O)C3CCCC3)[C@H](Cc3c(O)cccc31)C2(C)C.COc1cccc(S(N)(=O)=O)c1. The first-order valence-corrected chi connectivity index (χ1v) is 14.2. The van der Waals surface area contributed by atoms with E-state index in [2.05, 4.69) is 31.7 Å². The first-order chi connectivity index (χ1) is 16.9. The molecule has 2 atom stereocenters. The van der Waals surface area contributed by atoms with Crippen LogP contribution in [0.3, 0.4) is 0 Å². The molecule has 2 aromatic rings. The number of phenols is 1. The molecule has 2 fully saturated rings. The molecule has 1 saturated heterocycles. The van der Waals surface area contributed by atoms with Crippen molar-refractivity contribution in [2.45, 2.75) is 75.6 Å². The molecule has 2 aromatic carbocycles. The van der Waals surface area contributed by atoms with Crippen LogP contribution in [-0.4, -0.2) is 44.0 Å². The van der Waals surface area contributed by atoms with E-state index < -0.39 is 10.0 Å². The molecule has 196 valence electrons. The van der Waals surface area contributed by atoms with Crippen LogP contribution < -0.4 is 9.88 Å². The molecule has 0 aromatic heterocycles. The van der Waals surface area contributed by atoms with Crippen molar-refractivity contribution >= 4 is 15.9 Å². The number of methoxy groups -OCH3 is 1. The van der Waals surface area contributed by atoms with Gasteiger partial charge in [0.1, 0.15) is 11.5 Å². The predicted octanol–water partition coefficient (Wildman–Crippen LogP) is 4.37. The van der Waals surface area contributed by atoms with Crippen LogP contribution >= 0.6 is 0 Å². The van der Waals surface area contributed by atoms with Crippen molar-refractivity contribution < 1.29 is 23.1 Å². The normalized spacial score (nSPS) is 24.9. The van der Waals surface area contributed by atoms with Crippen molar-refractivity contribution in [2.75, 3.05) is 13.7 Å². The van der Waals surface area contributed by atoms with Gasteiger partial charge in [0.05, 0.1) is 12.0 Å². The number of aromatic hydroxyl groups is 1. The summed E-state index contributed by atoms with van der Waals surface area (Å²) in [7, 11) is -2.15. The lowest BCUT2D eigenvalue weighted by atomic mass is 9.51. The molecule has 5 rings (SSSR count). The number of carbonyl (C=O) groups excluding carboxylic acids is 1. The molecule has 1 aliphatic heterocycles. The second-order valence-electron chi connectivity index (χ2n) is 11.1. The first kappa shape index (κ1) is 26.5. The van der Waals surface area contributed by atoms with Crippen LogP contribution in [0, 0.1) is 11.3 Å². The first-order valence-electron chi connectivity index (χ1n) is 12.7. The zero-order chi connectivity index (χ0) is 26.3. The van der Waals surface area contributed by atoms with Gasteiger partial charge in [0, 0.05) is 30.0 Å². The fraction of sp³-hybridized carbons (Fsp3) is 0.536. The number of piperidine rings is 1. The molecule has 1 saturated carbocycles. The Morgan fingerprint density at radius 2 is 1.78 bits per heavy atom. The van der Waals surface area contributed by atoms with E-state index >= 15 is 0 Å². The Hall–Kier alpha value is -2.58. The van der Waals surface area contributed by atoms with Gasteiger partial charge in [0.15, 0.2) is 0 Å². The monoisotopic (exact) mass is 514 g/mol. The van der Waals surface area contributed by atoms with Crippen molar-refractivity contribution in [3.63, 3.8) is 0 Å². The Kier molecular flexibility index (Phi) is 7.14. The van der Waals surface area contributed by atoms with Gasteiger partial charge in [-0.3, -0.25) is 4.79 Å². The zero-order valence-corrected chi connectivity index (χ0v) is 22.5. The number of phenolic OH excluding ortho intramolecular Hbond substituents is 1. The number of ether oxygens (including phenoxy) is 1. The molecule has 2 bridgehead atoms. The van der Waals surface area contributed by atoms with Crippen LogP contribution in [0.1, 0.15) is 64.0 Å². The minimum absolute atomic E-state index is 0.0104. The summed E-state index contributed by atoms with van der Waals surface area (Å²) in [5.41, 5.74) is 2.38. The summed E-state index contributed by atoms with van der Waals surface area (Å²) >= 11 is 0. The Labute approximate surface area is 214 Å². The van der Waals surface area contributed by atoms with Crippen molar-refractivity contribution in [1.82, 2.24) is 4.90 Å².